The fourth-order valence-electron chi connectivity index (χ4n) is 4.79. The predicted octanol–water partition coefficient (Wildman–Crippen LogP) is 7.27. The first-order valence-corrected chi connectivity index (χ1v) is 11.0. The van der Waals surface area contributed by atoms with Gasteiger partial charge in [0.1, 0.15) is 5.75 Å². The number of pyridine rings is 2. The molecule has 0 spiro atoms. The number of benzene rings is 3. The molecule has 0 saturated heterocycles. The maximum atomic E-state index is 8.61. The second-order valence-corrected chi connectivity index (χ2v) is 8.36. The zero-order chi connectivity index (χ0) is 23.1. The molecule has 0 aliphatic heterocycles. The lowest BCUT2D eigenvalue weighted by Gasteiger charge is -2.27. The first kappa shape index (κ1) is 18.3. The fourth-order valence-corrected chi connectivity index (χ4v) is 4.79. The van der Waals surface area contributed by atoms with Crippen LogP contribution in [0.2, 0.25) is 0 Å². The molecule has 0 fully saturated rings. The summed E-state index contributed by atoms with van der Waals surface area (Å²) in [4.78, 5) is 8.94. The van der Waals surface area contributed by atoms with Gasteiger partial charge in [-0.3, -0.25) is 4.98 Å². The highest BCUT2D eigenvalue weighted by Crippen LogP contribution is 2.52. The van der Waals surface area contributed by atoms with Crippen molar-refractivity contribution in [3.05, 3.63) is 132 Å². The van der Waals surface area contributed by atoms with Crippen LogP contribution >= 0.6 is 0 Å². The van der Waals surface area contributed by atoms with Gasteiger partial charge in [0.25, 0.3) is 0 Å². The van der Waals surface area contributed by atoms with Crippen molar-refractivity contribution in [1.82, 2.24) is 9.97 Å². The van der Waals surface area contributed by atoms with E-state index in [4.69, 9.17) is 6.11 Å². The lowest BCUT2D eigenvalue weighted by atomic mass is 9.76. The quantitative estimate of drug-likeness (QED) is 0.302. The van der Waals surface area contributed by atoms with Gasteiger partial charge in [-0.15, -0.1) is 0 Å². The molecule has 33 heavy (non-hydrogen) atoms. The minimum atomic E-state index is -0.512. The van der Waals surface area contributed by atoms with Crippen LogP contribution in [-0.4, -0.2) is 9.97 Å². The van der Waals surface area contributed by atoms with E-state index in [9.17, 15) is 0 Å². The minimum Gasteiger partial charge on any atom is -0.439 e. The molecule has 2 heterocycles. The van der Waals surface area contributed by atoms with Crippen molar-refractivity contribution < 1.29 is 6.11 Å². The Morgan fingerprint density at radius 1 is 0.697 bits per heavy atom. The largest absolute Gasteiger partial charge is 0.439 e. The molecule has 1 atom stereocenters. The van der Waals surface area contributed by atoms with E-state index in [0.29, 0.717) is 11.9 Å². The normalized spacial score (nSPS) is 16.6. The van der Waals surface area contributed by atoms with Gasteiger partial charge in [0.2, 0.25) is 5.88 Å². The number of fused-ring (bicyclic) bond motifs is 3. The monoisotopic (exact) mass is 427 g/mol. The molecular formula is C30H22N2O. The molecule has 0 amide bonds. The van der Waals surface area contributed by atoms with Gasteiger partial charge in [-0.05, 0) is 76.7 Å². The van der Waals surface area contributed by atoms with Gasteiger partial charge in [-0.1, -0.05) is 60.7 Å². The Morgan fingerprint density at radius 3 is 2.36 bits per heavy atom. The molecule has 1 aliphatic rings. The second kappa shape index (κ2) is 7.72. The Kier molecular flexibility index (Phi) is 4.29. The van der Waals surface area contributed by atoms with Crippen molar-refractivity contribution in [2.24, 2.45) is 0 Å². The molecule has 3 nitrogen and oxygen atoms in total. The first-order chi connectivity index (χ1) is 16.6. The summed E-state index contributed by atoms with van der Waals surface area (Å²) in [7, 11) is 0. The summed E-state index contributed by atoms with van der Waals surface area (Å²) in [6.07, 6.45) is 3.50. The molecule has 2 aromatic heterocycles. The van der Waals surface area contributed by atoms with Crippen molar-refractivity contribution in [2.75, 3.05) is 0 Å². The van der Waals surface area contributed by atoms with Gasteiger partial charge in [0.15, 0.2) is 0 Å². The van der Waals surface area contributed by atoms with E-state index in [2.05, 4.69) is 65.4 Å². The van der Waals surface area contributed by atoms with Gasteiger partial charge < -0.3 is 4.74 Å². The molecular weight excluding hydrogens is 404 g/mol. The average molecular weight is 428 g/mol. The summed E-state index contributed by atoms with van der Waals surface area (Å²) in [6.45, 7) is 2.18. The van der Waals surface area contributed by atoms with Crippen molar-refractivity contribution in [1.29, 1.82) is 0 Å². The molecule has 1 aliphatic carbocycles. The van der Waals surface area contributed by atoms with E-state index in [1.165, 1.54) is 16.7 Å². The van der Waals surface area contributed by atoms with E-state index in [1.807, 2.05) is 48.5 Å². The van der Waals surface area contributed by atoms with Crippen LogP contribution in [0.3, 0.4) is 0 Å². The van der Waals surface area contributed by atoms with E-state index < -0.39 is 5.41 Å². The SMILES string of the molecule is [2H]c1cccnc1C1(C)c2ccccc2-c2ccc(-c3cccc(Oc4ccccn4)c3)cc21. The lowest BCUT2D eigenvalue weighted by Crippen LogP contribution is -2.23. The maximum Gasteiger partial charge on any atom is 0.219 e. The summed E-state index contributed by atoms with van der Waals surface area (Å²) in [5, 5.41) is 0. The van der Waals surface area contributed by atoms with Crippen LogP contribution in [0.4, 0.5) is 0 Å². The van der Waals surface area contributed by atoms with Gasteiger partial charge in [-0.2, -0.15) is 0 Å². The number of hydrogen-bond acceptors (Lipinski definition) is 3. The van der Waals surface area contributed by atoms with E-state index in [-0.39, 0.29) is 0 Å². The number of aromatic nitrogens is 2. The minimum absolute atomic E-state index is 0.448. The Morgan fingerprint density at radius 2 is 1.48 bits per heavy atom. The van der Waals surface area contributed by atoms with Crippen LogP contribution in [0.15, 0.2) is 115 Å². The van der Waals surface area contributed by atoms with Crippen LogP contribution < -0.4 is 4.74 Å². The van der Waals surface area contributed by atoms with Crippen LogP contribution in [0.5, 0.6) is 11.6 Å². The smallest absolute Gasteiger partial charge is 0.219 e. The first-order valence-electron chi connectivity index (χ1n) is 11.5. The lowest BCUT2D eigenvalue weighted by molar-refractivity contribution is 0.463. The summed E-state index contributed by atoms with van der Waals surface area (Å²) in [5.74, 6) is 1.30. The van der Waals surface area contributed by atoms with Crippen LogP contribution in [0.25, 0.3) is 22.3 Å². The maximum absolute atomic E-state index is 8.61. The molecule has 1 unspecified atom stereocenters. The standard InChI is InChI=1S/C30H22N2O/c1-30(28-13-4-6-17-31-28)26-12-3-2-11-24(26)25-16-15-22(20-27(25)30)21-9-8-10-23(19-21)33-29-14-5-7-18-32-29/h2-20H,1H3/i13D. The van der Waals surface area contributed by atoms with Crippen LogP contribution in [0, 0.1) is 0 Å². The number of rotatable bonds is 4. The molecule has 3 aromatic carbocycles. The molecule has 0 radical (unpaired) electrons. The fraction of sp³-hybridized carbons (Fsp3) is 0.0667. The van der Waals surface area contributed by atoms with Crippen molar-refractivity contribution >= 4 is 0 Å². The molecule has 5 aromatic rings. The molecule has 0 bridgehead atoms. The highest BCUT2D eigenvalue weighted by atomic mass is 16.5. The summed E-state index contributed by atoms with van der Waals surface area (Å²) >= 11 is 0. The van der Waals surface area contributed by atoms with Gasteiger partial charge >= 0.3 is 0 Å². The molecule has 0 N–H and O–H groups in total. The third-order valence-corrected chi connectivity index (χ3v) is 6.42. The molecule has 0 saturated carbocycles. The highest BCUT2D eigenvalue weighted by Gasteiger charge is 2.41. The zero-order valence-electron chi connectivity index (χ0n) is 19.2. The van der Waals surface area contributed by atoms with E-state index in [1.54, 1.807) is 12.4 Å². The number of hydrogen-bond donors (Lipinski definition) is 0. The zero-order valence-corrected chi connectivity index (χ0v) is 18.2. The third kappa shape index (κ3) is 3.21. The van der Waals surface area contributed by atoms with Gasteiger partial charge in [0.05, 0.1) is 12.5 Å². The van der Waals surface area contributed by atoms with E-state index >= 15 is 0 Å². The summed E-state index contributed by atoms with van der Waals surface area (Å²) < 4.78 is 14.6. The summed E-state index contributed by atoms with van der Waals surface area (Å²) in [6, 6.07) is 32.8. The average Bonchev–Trinajstić information content (AvgIpc) is 3.14. The Labute approximate surface area is 194 Å². The Hall–Kier alpha value is -4.24. The van der Waals surface area contributed by atoms with Gasteiger partial charge in [-0.25, -0.2) is 4.98 Å². The third-order valence-electron chi connectivity index (χ3n) is 6.42. The molecule has 158 valence electrons. The van der Waals surface area contributed by atoms with Crippen molar-refractivity contribution in [3.63, 3.8) is 0 Å². The van der Waals surface area contributed by atoms with E-state index in [0.717, 1.165) is 28.1 Å². The topological polar surface area (TPSA) is 35.0 Å². The van der Waals surface area contributed by atoms with Crippen LogP contribution in [0.1, 0.15) is 25.1 Å². The molecule has 6 rings (SSSR count). The highest BCUT2D eigenvalue weighted by molar-refractivity contribution is 5.85. The molecule has 3 heteroatoms. The van der Waals surface area contributed by atoms with Gasteiger partial charge in [0, 0.05) is 18.5 Å². The predicted molar refractivity (Wildman–Crippen MR) is 131 cm³/mol. The second-order valence-electron chi connectivity index (χ2n) is 8.36. The number of nitrogens with zero attached hydrogens (tertiary/aromatic N) is 2. The Bertz CT molecular complexity index is 1520. The van der Waals surface area contributed by atoms with Crippen molar-refractivity contribution in [2.45, 2.75) is 12.3 Å². The number of ether oxygens (including phenoxy) is 1. The van der Waals surface area contributed by atoms with Crippen molar-refractivity contribution in [3.8, 4) is 33.9 Å². The Balaban J connectivity index is 1.48. The van der Waals surface area contributed by atoms with Crippen LogP contribution in [-0.2, 0) is 5.41 Å². The summed E-state index contributed by atoms with van der Waals surface area (Å²) in [5.41, 5.74) is 7.13.